The van der Waals surface area contributed by atoms with E-state index in [2.05, 4.69) is 293 Å². The van der Waals surface area contributed by atoms with Crippen molar-refractivity contribution < 1.29 is 0 Å². The van der Waals surface area contributed by atoms with E-state index in [9.17, 15) is 0 Å². The number of aromatic nitrogens is 2. The van der Waals surface area contributed by atoms with E-state index < -0.39 is 0 Å². The van der Waals surface area contributed by atoms with Crippen LogP contribution in [-0.4, -0.2) is 9.13 Å². The zero-order valence-corrected chi connectivity index (χ0v) is 46.7. The molecule has 0 spiro atoms. The van der Waals surface area contributed by atoms with Crippen LogP contribution in [0.25, 0.3) is 87.3 Å². The number of anilines is 6. The Morgan fingerprint density at radius 1 is 0.287 bits per heavy atom. The van der Waals surface area contributed by atoms with E-state index in [1.165, 1.54) is 143 Å². The van der Waals surface area contributed by atoms with Crippen molar-refractivity contribution in [1.82, 2.24) is 9.13 Å². The molecule has 0 fully saturated rings. The van der Waals surface area contributed by atoms with Gasteiger partial charge in [0.15, 0.2) is 0 Å². The predicted molar refractivity (Wildman–Crippen MR) is 341 cm³/mol. The lowest BCUT2D eigenvalue weighted by molar-refractivity contribution is 0.633. The Kier molecular flexibility index (Phi) is 9.80. The first-order chi connectivity index (χ1) is 38.9. The summed E-state index contributed by atoms with van der Waals surface area (Å²) in [5.74, 6) is 0.487. The highest BCUT2D eigenvalue weighted by Gasteiger charge is 2.41. The van der Waals surface area contributed by atoms with Crippen LogP contribution in [0.15, 0.2) is 218 Å². The minimum Gasteiger partial charge on any atom is -0.309 e. The number of fused-ring (bicyclic) bond motifs is 10. The monoisotopic (exact) mass is 1030 g/mol. The van der Waals surface area contributed by atoms with Crippen LogP contribution in [0.1, 0.15) is 101 Å². The van der Waals surface area contributed by atoms with Crippen molar-refractivity contribution in [1.29, 1.82) is 0 Å². The lowest BCUT2D eigenvalue weighted by Crippen LogP contribution is -2.31. The highest BCUT2D eigenvalue weighted by molar-refractivity contribution is 6.30. The van der Waals surface area contributed by atoms with E-state index in [1.54, 1.807) is 0 Å². The van der Waals surface area contributed by atoms with Gasteiger partial charge in [-0.05, 0) is 152 Å². The third-order valence-corrected chi connectivity index (χ3v) is 18.7. The second kappa shape index (κ2) is 16.7. The van der Waals surface area contributed by atoms with Crippen molar-refractivity contribution in [3.05, 3.63) is 252 Å². The Morgan fingerprint density at radius 2 is 0.662 bits per heavy atom. The summed E-state index contributed by atoms with van der Waals surface area (Å²) < 4.78 is 4.94. The number of hydrogen-bond acceptors (Lipinski definition) is 2. The van der Waals surface area contributed by atoms with E-state index in [0.29, 0.717) is 0 Å². The van der Waals surface area contributed by atoms with Crippen LogP contribution in [0.3, 0.4) is 0 Å². The summed E-state index contributed by atoms with van der Waals surface area (Å²) >= 11 is 0. The molecule has 0 N–H and O–H groups in total. The van der Waals surface area contributed by atoms with Gasteiger partial charge in [-0.2, -0.15) is 0 Å². The van der Waals surface area contributed by atoms with Gasteiger partial charge in [0, 0.05) is 54.5 Å². The fourth-order valence-corrected chi connectivity index (χ4v) is 14.9. The normalized spacial score (nSPS) is 14.6. The number of hydrogen-bond donors (Lipinski definition) is 0. The van der Waals surface area contributed by atoms with Crippen molar-refractivity contribution in [3.63, 3.8) is 0 Å². The minimum atomic E-state index is -0.283. The van der Waals surface area contributed by atoms with Gasteiger partial charge < -0.3 is 18.9 Å². The van der Waals surface area contributed by atoms with Crippen LogP contribution in [-0.2, 0) is 10.8 Å². The molecule has 0 radical (unpaired) electrons. The van der Waals surface area contributed by atoms with E-state index in [1.807, 2.05) is 0 Å². The third kappa shape index (κ3) is 6.28. The van der Waals surface area contributed by atoms with Crippen LogP contribution in [0, 0.1) is 0 Å². The molecule has 0 amide bonds. The van der Waals surface area contributed by atoms with E-state index in [4.69, 9.17) is 0 Å². The first kappa shape index (κ1) is 46.9. The summed E-state index contributed by atoms with van der Waals surface area (Å²) in [5.41, 5.74) is 21.9. The van der Waals surface area contributed by atoms with Crippen LogP contribution in [0.2, 0.25) is 0 Å². The molecular formula is C76H62N4. The van der Waals surface area contributed by atoms with Gasteiger partial charge in [0.25, 0.3) is 0 Å². The van der Waals surface area contributed by atoms with Crippen LogP contribution in [0.4, 0.5) is 34.1 Å². The Labute approximate surface area is 467 Å². The summed E-state index contributed by atoms with van der Waals surface area (Å²) in [6.07, 6.45) is 0. The van der Waals surface area contributed by atoms with Gasteiger partial charge in [0.1, 0.15) is 0 Å². The first-order valence-electron chi connectivity index (χ1n) is 28.7. The second-order valence-electron chi connectivity index (χ2n) is 24.5. The molecule has 0 atom stereocenters. The molecule has 2 aromatic heterocycles. The summed E-state index contributed by atoms with van der Waals surface area (Å²) in [4.78, 5) is 5.28. The molecule has 0 saturated carbocycles. The fourth-order valence-electron chi connectivity index (χ4n) is 14.9. The second-order valence-corrected chi connectivity index (χ2v) is 24.5. The van der Waals surface area contributed by atoms with E-state index >= 15 is 0 Å². The number of rotatable bonds is 6. The average Bonchev–Trinajstić information content (AvgIpc) is 3.31. The lowest BCUT2D eigenvalue weighted by atomic mass is 9.72. The average molecular weight is 1030 g/mol. The van der Waals surface area contributed by atoms with E-state index in [0.717, 1.165) is 11.4 Å². The van der Waals surface area contributed by atoms with Gasteiger partial charge in [-0.1, -0.05) is 189 Å². The van der Waals surface area contributed by atoms with Crippen LogP contribution in [0.5, 0.6) is 0 Å². The van der Waals surface area contributed by atoms with Crippen molar-refractivity contribution in [2.75, 3.05) is 9.80 Å². The van der Waals surface area contributed by atoms with Gasteiger partial charge in [0.05, 0.1) is 56.2 Å². The van der Waals surface area contributed by atoms with Crippen molar-refractivity contribution in [2.45, 2.75) is 78.1 Å². The van der Waals surface area contributed by atoms with Gasteiger partial charge >= 0.3 is 0 Å². The molecule has 80 heavy (non-hydrogen) atoms. The maximum Gasteiger partial charge on any atom is 0.0562 e. The molecule has 4 heterocycles. The molecule has 0 bridgehead atoms. The molecule has 4 nitrogen and oxygen atoms in total. The van der Waals surface area contributed by atoms with Gasteiger partial charge in [-0.25, -0.2) is 0 Å². The van der Waals surface area contributed by atoms with Gasteiger partial charge in [0.2, 0.25) is 0 Å². The summed E-state index contributed by atoms with van der Waals surface area (Å²) in [6, 6.07) is 83.0. The first-order valence-corrected chi connectivity index (χ1v) is 28.7. The molecule has 0 saturated heterocycles. The Balaban J connectivity index is 1.02. The topological polar surface area (TPSA) is 16.3 Å². The summed E-state index contributed by atoms with van der Waals surface area (Å²) in [7, 11) is 0. The minimum absolute atomic E-state index is 0.243. The third-order valence-electron chi connectivity index (χ3n) is 18.7. The smallest absolute Gasteiger partial charge is 0.0562 e. The van der Waals surface area contributed by atoms with Crippen molar-refractivity contribution >= 4 is 110 Å². The summed E-state index contributed by atoms with van der Waals surface area (Å²) in [6.45, 7) is 19.2. The zero-order chi connectivity index (χ0) is 54.1. The number of nitrogens with zero attached hydrogens (tertiary/aromatic N) is 4. The molecule has 0 unspecified atom stereocenters. The predicted octanol–water partition coefficient (Wildman–Crippen LogP) is 21.2. The van der Waals surface area contributed by atoms with E-state index in [-0.39, 0.29) is 22.7 Å². The zero-order valence-electron chi connectivity index (χ0n) is 46.7. The molecule has 16 rings (SSSR count). The Morgan fingerprint density at radius 3 is 1.07 bits per heavy atom. The number of benzene rings is 12. The van der Waals surface area contributed by atoms with Crippen LogP contribution >= 0.6 is 0 Å². The maximum absolute atomic E-state index is 2.64. The van der Waals surface area contributed by atoms with Gasteiger partial charge in [-0.3, -0.25) is 0 Å². The number of para-hydroxylation sites is 6. The SMILES string of the molecule is CC(C)c1cc2ccc(N3c4ccccc4C(C)(C)c4cc5c6ccccc6n(-c6ccccc6)c5cc43)c3c(C(C)C)cc4ccc(N5c6ccccc6C(C)(C)c6cc7c8ccccc8n(-c8ccccc8)c7cc65)c1c4c23. The molecule has 2 aliphatic rings. The van der Waals surface area contributed by atoms with Crippen molar-refractivity contribution in [2.24, 2.45) is 0 Å². The molecule has 386 valence electrons. The Bertz CT molecular complexity index is 4580. The highest BCUT2D eigenvalue weighted by Crippen LogP contribution is 2.59. The van der Waals surface area contributed by atoms with Crippen molar-refractivity contribution in [3.8, 4) is 11.4 Å². The molecule has 14 aromatic rings. The quantitative estimate of drug-likeness (QED) is 0.154. The molecular weight excluding hydrogens is 969 g/mol. The molecule has 4 heteroatoms. The van der Waals surface area contributed by atoms with Crippen LogP contribution < -0.4 is 9.80 Å². The van der Waals surface area contributed by atoms with Gasteiger partial charge in [-0.15, -0.1) is 0 Å². The lowest BCUT2D eigenvalue weighted by Gasteiger charge is -2.43. The summed E-state index contributed by atoms with van der Waals surface area (Å²) in [5, 5.41) is 12.9. The Hall–Kier alpha value is -9.12. The largest absolute Gasteiger partial charge is 0.309 e. The molecule has 0 aliphatic carbocycles. The molecule has 12 aromatic carbocycles. The standard InChI is InChI=1S/C76H62N4/c1-45(2)53-39-47-35-38-66(80-64-34-22-18-30-58(64)76(7,8)60-42-56-52-28-16-20-32-62(52)78(68(56)44-70(60)80)50-25-13-10-14-26-50)74-54(46(3)4)40-48-36-37-65(73(53)71(48)72(47)74)79-63-33-21-17-29-57(63)75(5,6)59-41-55-51-27-15-19-31-61(51)77(67(55)43-69(59)79)49-23-11-9-12-24-49/h9-46H,1-8H3. The maximum atomic E-state index is 2.64. The fraction of sp³-hybridized carbons (Fsp3) is 0.158. The molecule has 2 aliphatic heterocycles. The highest BCUT2D eigenvalue weighted by atomic mass is 15.2.